The van der Waals surface area contributed by atoms with Crippen LogP contribution in [0.1, 0.15) is 24.0 Å². The maximum absolute atomic E-state index is 12.8. The molecule has 2 aliphatic rings. The molecule has 166 valence electrons. The third kappa shape index (κ3) is 5.11. The quantitative estimate of drug-likeness (QED) is 0.518. The lowest BCUT2D eigenvalue weighted by atomic mass is 10.1. The highest BCUT2D eigenvalue weighted by Gasteiger charge is 2.37. The molecule has 2 aromatic rings. The van der Waals surface area contributed by atoms with E-state index in [1.54, 1.807) is 35.2 Å². The van der Waals surface area contributed by atoms with E-state index in [1.807, 2.05) is 18.2 Å². The van der Waals surface area contributed by atoms with Crippen LogP contribution in [-0.2, 0) is 16.2 Å². The van der Waals surface area contributed by atoms with Crippen LogP contribution in [0.15, 0.2) is 47.4 Å². The highest BCUT2D eigenvalue weighted by Crippen LogP contribution is 2.34. The van der Waals surface area contributed by atoms with Crippen molar-refractivity contribution in [2.24, 2.45) is 0 Å². The number of para-hydroxylation sites is 1. The molecule has 0 atom stereocenters. The summed E-state index contributed by atoms with van der Waals surface area (Å²) >= 11 is 12.8. The molecular weight excluding hydrogens is 471 g/mol. The molecule has 32 heavy (non-hydrogen) atoms. The van der Waals surface area contributed by atoms with E-state index in [1.165, 1.54) is 0 Å². The van der Waals surface area contributed by atoms with Crippen LogP contribution in [0.25, 0.3) is 6.08 Å². The van der Waals surface area contributed by atoms with Crippen molar-refractivity contribution in [3.63, 3.8) is 0 Å². The van der Waals surface area contributed by atoms with Crippen LogP contribution in [0.3, 0.4) is 0 Å². The van der Waals surface area contributed by atoms with Crippen molar-refractivity contribution < 1.29 is 19.1 Å². The normalized spacial score (nSPS) is 17.5. The molecular formula is C23H20Cl2N2O4S. The van der Waals surface area contributed by atoms with Crippen molar-refractivity contribution in [3.05, 3.63) is 68.5 Å². The first kappa shape index (κ1) is 22.7. The van der Waals surface area contributed by atoms with Gasteiger partial charge in [-0.2, -0.15) is 0 Å². The number of nitrogens with zero attached hydrogens (tertiary/aromatic N) is 2. The van der Waals surface area contributed by atoms with E-state index in [4.69, 9.17) is 27.9 Å². The van der Waals surface area contributed by atoms with Crippen LogP contribution in [0.4, 0.5) is 4.79 Å². The van der Waals surface area contributed by atoms with Gasteiger partial charge in [0.2, 0.25) is 5.91 Å². The second-order valence-corrected chi connectivity index (χ2v) is 9.24. The molecule has 2 aliphatic heterocycles. The molecule has 2 saturated heterocycles. The third-order valence-corrected chi connectivity index (χ3v) is 6.86. The predicted octanol–water partition coefficient (Wildman–Crippen LogP) is 5.23. The topological polar surface area (TPSA) is 66.9 Å². The smallest absolute Gasteiger partial charge is 0.294 e. The first-order valence-corrected chi connectivity index (χ1v) is 11.7. The van der Waals surface area contributed by atoms with E-state index in [2.05, 4.69) is 0 Å². The summed E-state index contributed by atoms with van der Waals surface area (Å²) in [6.45, 7) is 1.38. The number of thioether (sulfide) groups is 1. The Morgan fingerprint density at radius 1 is 1.06 bits per heavy atom. The second-order valence-electron chi connectivity index (χ2n) is 7.43. The molecule has 2 heterocycles. The Kier molecular flexibility index (Phi) is 7.08. The van der Waals surface area contributed by atoms with Gasteiger partial charge < -0.3 is 9.64 Å². The summed E-state index contributed by atoms with van der Waals surface area (Å²) in [5.41, 5.74) is 1.50. The molecule has 0 saturated carbocycles. The zero-order chi connectivity index (χ0) is 22.7. The number of amides is 3. The van der Waals surface area contributed by atoms with Gasteiger partial charge in [-0.1, -0.05) is 47.5 Å². The lowest BCUT2D eigenvalue weighted by Crippen LogP contribution is -2.40. The molecule has 3 amide bonds. The van der Waals surface area contributed by atoms with Gasteiger partial charge in [0.1, 0.15) is 18.9 Å². The summed E-state index contributed by atoms with van der Waals surface area (Å²) in [6.07, 6.45) is 3.52. The van der Waals surface area contributed by atoms with Gasteiger partial charge in [0.15, 0.2) is 0 Å². The summed E-state index contributed by atoms with van der Waals surface area (Å²) in [5.74, 6) is -0.109. The lowest BCUT2D eigenvalue weighted by molar-refractivity contribution is -0.135. The van der Waals surface area contributed by atoms with E-state index in [9.17, 15) is 14.4 Å². The molecule has 2 fully saturated rings. The minimum absolute atomic E-state index is 0.198. The molecule has 0 spiro atoms. The average Bonchev–Trinajstić information content (AvgIpc) is 3.40. The van der Waals surface area contributed by atoms with Crippen molar-refractivity contribution in [2.75, 3.05) is 19.6 Å². The monoisotopic (exact) mass is 490 g/mol. The molecule has 0 N–H and O–H groups in total. The summed E-state index contributed by atoms with van der Waals surface area (Å²) in [4.78, 5) is 40.6. The van der Waals surface area contributed by atoms with Gasteiger partial charge in [-0.15, -0.1) is 0 Å². The fraction of sp³-hybridized carbons (Fsp3) is 0.261. The Hall–Kier alpha value is -2.48. The van der Waals surface area contributed by atoms with Crippen molar-refractivity contribution in [3.8, 4) is 5.75 Å². The molecule has 6 nitrogen and oxygen atoms in total. The van der Waals surface area contributed by atoms with Gasteiger partial charge in [-0.3, -0.25) is 19.3 Å². The number of rotatable bonds is 6. The van der Waals surface area contributed by atoms with Crippen LogP contribution >= 0.6 is 35.0 Å². The lowest BCUT2D eigenvalue weighted by Gasteiger charge is -2.18. The highest BCUT2D eigenvalue weighted by atomic mass is 35.5. The van der Waals surface area contributed by atoms with Crippen LogP contribution in [0, 0.1) is 0 Å². The van der Waals surface area contributed by atoms with E-state index < -0.39 is 11.1 Å². The zero-order valence-corrected chi connectivity index (χ0v) is 19.4. The second kappa shape index (κ2) is 9.98. The number of carbonyl (C=O) groups is 3. The molecule has 0 radical (unpaired) electrons. The molecule has 4 rings (SSSR count). The van der Waals surface area contributed by atoms with Crippen LogP contribution in [0.2, 0.25) is 10.0 Å². The summed E-state index contributed by atoms with van der Waals surface area (Å²) in [5, 5.41) is 0.468. The number of benzene rings is 2. The van der Waals surface area contributed by atoms with Crippen LogP contribution in [-0.4, -0.2) is 46.5 Å². The Morgan fingerprint density at radius 3 is 2.56 bits per heavy atom. The van der Waals surface area contributed by atoms with Crippen molar-refractivity contribution >= 4 is 58.1 Å². The fourth-order valence-electron chi connectivity index (χ4n) is 3.50. The van der Waals surface area contributed by atoms with Gasteiger partial charge in [0.05, 0.1) is 15.0 Å². The highest BCUT2D eigenvalue weighted by molar-refractivity contribution is 8.18. The van der Waals surface area contributed by atoms with Crippen LogP contribution < -0.4 is 4.74 Å². The van der Waals surface area contributed by atoms with Crippen LogP contribution in [0.5, 0.6) is 5.75 Å². The zero-order valence-electron chi connectivity index (χ0n) is 17.1. The van der Waals surface area contributed by atoms with Gasteiger partial charge in [0.25, 0.3) is 11.1 Å². The summed E-state index contributed by atoms with van der Waals surface area (Å²) in [6, 6.07) is 12.5. The molecule has 9 heteroatoms. The number of carbonyl (C=O) groups excluding carboxylic acids is 3. The summed E-state index contributed by atoms with van der Waals surface area (Å²) < 4.78 is 5.92. The number of halogens is 2. The maximum atomic E-state index is 12.8. The summed E-state index contributed by atoms with van der Waals surface area (Å²) in [7, 11) is 0. The molecule has 0 unspecified atom stereocenters. The first-order valence-electron chi connectivity index (χ1n) is 10.1. The third-order valence-electron chi connectivity index (χ3n) is 5.21. The number of hydrogen-bond donors (Lipinski definition) is 0. The maximum Gasteiger partial charge on any atom is 0.294 e. The fourth-order valence-corrected chi connectivity index (χ4v) is 4.65. The predicted molar refractivity (Wildman–Crippen MR) is 126 cm³/mol. The Morgan fingerprint density at radius 2 is 1.81 bits per heavy atom. The molecule has 0 aliphatic carbocycles. The number of likely N-dealkylation sites (tertiary alicyclic amines) is 1. The van der Waals surface area contributed by atoms with E-state index >= 15 is 0 Å². The number of ether oxygens (including phenoxy) is 1. The van der Waals surface area contributed by atoms with Gasteiger partial charge in [0, 0.05) is 18.7 Å². The minimum Gasteiger partial charge on any atom is -0.488 e. The largest absolute Gasteiger partial charge is 0.488 e. The Bertz CT molecular complexity index is 1100. The van der Waals surface area contributed by atoms with Gasteiger partial charge in [-0.05, 0) is 54.4 Å². The van der Waals surface area contributed by atoms with Gasteiger partial charge in [-0.25, -0.2) is 0 Å². The van der Waals surface area contributed by atoms with Crippen molar-refractivity contribution in [1.29, 1.82) is 0 Å². The average molecular weight is 491 g/mol. The van der Waals surface area contributed by atoms with E-state index in [-0.39, 0.29) is 24.0 Å². The number of imide groups is 1. The van der Waals surface area contributed by atoms with E-state index in [0.717, 1.165) is 35.1 Å². The standard InChI is InChI=1S/C23H20Cl2N2O4S/c24-17-8-7-15(11-18(17)25)14-31-19-6-2-1-5-16(19)12-20-22(29)27(23(30)32-20)13-21(28)26-9-3-4-10-26/h1-2,5-8,11-12H,3-4,9-10,13-14H2/b20-12+. The number of hydrogen-bond acceptors (Lipinski definition) is 5. The van der Waals surface area contributed by atoms with Gasteiger partial charge >= 0.3 is 0 Å². The molecule has 2 aromatic carbocycles. The Labute approximate surface area is 200 Å². The van der Waals surface area contributed by atoms with E-state index in [0.29, 0.717) is 34.4 Å². The van der Waals surface area contributed by atoms with Crippen molar-refractivity contribution in [2.45, 2.75) is 19.4 Å². The Balaban J connectivity index is 1.47. The van der Waals surface area contributed by atoms with Crippen molar-refractivity contribution in [1.82, 2.24) is 9.80 Å². The first-order chi connectivity index (χ1) is 15.4. The molecule has 0 bridgehead atoms. The minimum atomic E-state index is -0.466. The molecule has 0 aromatic heterocycles. The SMILES string of the molecule is O=C(CN1C(=O)S/C(=C/c2ccccc2OCc2ccc(Cl)c(Cl)c2)C1=O)N1CCCC1.